The van der Waals surface area contributed by atoms with Crippen LogP contribution in [0.3, 0.4) is 0 Å². The Labute approximate surface area is 98.8 Å². The van der Waals surface area contributed by atoms with Gasteiger partial charge in [0, 0.05) is 16.9 Å². The normalized spacial score (nSPS) is 12.2. The van der Waals surface area contributed by atoms with Gasteiger partial charge in [-0.25, -0.2) is 17.6 Å². The highest BCUT2D eigenvalue weighted by molar-refractivity contribution is 5.58. The average Bonchev–Trinajstić information content (AvgIpc) is 2.27. The zero-order valence-electron chi connectivity index (χ0n) is 8.94. The highest BCUT2D eigenvalue weighted by atomic mass is 19.3. The summed E-state index contributed by atoms with van der Waals surface area (Å²) in [4.78, 5) is 0. The maximum absolute atomic E-state index is 12.6. The molecule has 0 radical (unpaired) electrons. The van der Waals surface area contributed by atoms with E-state index in [2.05, 4.69) is 0 Å². The number of nitrogens with two attached hydrogens (primary N) is 1. The summed E-state index contributed by atoms with van der Waals surface area (Å²) in [6, 6.07) is 3.14. The molecule has 0 aliphatic heterocycles. The Balaban J connectivity index is 2.85. The maximum atomic E-state index is 12.6. The van der Waals surface area contributed by atoms with Crippen molar-refractivity contribution < 1.29 is 26.3 Å². The Morgan fingerprint density at radius 3 is 2.28 bits per heavy atom. The van der Waals surface area contributed by atoms with Gasteiger partial charge in [0.1, 0.15) is 0 Å². The number of anilines is 2. The topological polar surface area (TPSA) is 38.0 Å². The Hall–Kier alpha value is -1.60. The van der Waals surface area contributed by atoms with E-state index in [9.17, 15) is 26.3 Å². The van der Waals surface area contributed by atoms with Crippen molar-refractivity contribution in [2.45, 2.75) is 18.8 Å². The molecule has 2 nitrogen and oxygen atoms in total. The molecule has 1 aromatic carbocycles. The van der Waals surface area contributed by atoms with Gasteiger partial charge in [0.2, 0.25) is 0 Å². The molecule has 0 bridgehead atoms. The lowest BCUT2D eigenvalue weighted by Crippen LogP contribution is -2.35. The molecule has 0 aromatic heterocycles. The van der Waals surface area contributed by atoms with Gasteiger partial charge in [-0.15, -0.1) is 0 Å². The molecular weight excluding hydrogens is 262 g/mol. The van der Waals surface area contributed by atoms with Crippen LogP contribution in [0.4, 0.5) is 37.7 Å². The lowest BCUT2D eigenvalue weighted by Gasteiger charge is -2.18. The van der Waals surface area contributed by atoms with Crippen molar-refractivity contribution >= 4 is 11.4 Å². The number of hydrogen-bond acceptors (Lipinski definition) is 2. The van der Waals surface area contributed by atoms with Gasteiger partial charge in [0.25, 0.3) is 6.43 Å². The van der Waals surface area contributed by atoms with E-state index in [1.807, 2.05) is 5.32 Å². The van der Waals surface area contributed by atoms with Gasteiger partial charge in [-0.3, -0.25) is 0 Å². The molecule has 1 aromatic rings. The number of benzene rings is 1. The van der Waals surface area contributed by atoms with E-state index in [4.69, 9.17) is 5.73 Å². The molecule has 0 aliphatic rings. The van der Waals surface area contributed by atoms with Crippen LogP contribution in [0.25, 0.3) is 0 Å². The minimum atomic E-state index is -4.29. The second kappa shape index (κ2) is 5.36. The summed E-state index contributed by atoms with van der Waals surface area (Å²) in [6.07, 6.45) is -6.81. The van der Waals surface area contributed by atoms with E-state index in [0.29, 0.717) is 0 Å². The summed E-state index contributed by atoms with van der Waals surface area (Å²) >= 11 is 0. The quantitative estimate of drug-likeness (QED) is 0.635. The molecule has 1 rings (SSSR count). The molecule has 102 valence electrons. The van der Waals surface area contributed by atoms with Gasteiger partial charge in [0.05, 0.1) is 6.54 Å². The van der Waals surface area contributed by atoms with E-state index in [1.165, 1.54) is 6.07 Å². The van der Waals surface area contributed by atoms with Crippen LogP contribution in [-0.4, -0.2) is 18.9 Å². The molecule has 0 unspecified atom stereocenters. The summed E-state index contributed by atoms with van der Waals surface area (Å²) in [5, 5.41) is 1.88. The van der Waals surface area contributed by atoms with Gasteiger partial charge in [-0.1, -0.05) is 0 Å². The minimum Gasteiger partial charge on any atom is -0.399 e. The van der Waals surface area contributed by atoms with Crippen molar-refractivity contribution in [2.75, 3.05) is 17.6 Å². The fraction of sp³-hybridized carbons (Fsp3) is 0.400. The van der Waals surface area contributed by atoms with Crippen molar-refractivity contribution in [3.63, 3.8) is 0 Å². The van der Waals surface area contributed by atoms with Gasteiger partial charge >= 0.3 is 12.3 Å². The van der Waals surface area contributed by atoms with Crippen LogP contribution in [-0.2, 0) is 0 Å². The number of rotatable bonds is 5. The molecule has 18 heavy (non-hydrogen) atoms. The summed E-state index contributed by atoms with van der Waals surface area (Å²) < 4.78 is 74.1. The van der Waals surface area contributed by atoms with E-state index in [1.54, 1.807) is 0 Å². The van der Waals surface area contributed by atoms with Gasteiger partial charge < -0.3 is 11.1 Å². The van der Waals surface area contributed by atoms with E-state index in [-0.39, 0.29) is 11.4 Å². The van der Waals surface area contributed by atoms with E-state index in [0.717, 1.165) is 12.1 Å². The SMILES string of the molecule is Nc1ccc(NCC(F)(F)C(F)F)c(C(F)F)c1. The van der Waals surface area contributed by atoms with Crippen molar-refractivity contribution in [2.24, 2.45) is 0 Å². The van der Waals surface area contributed by atoms with Crippen LogP contribution >= 0.6 is 0 Å². The molecule has 0 aliphatic carbocycles. The standard InChI is InChI=1S/C10H10F6N2/c11-8(12)6-3-5(17)1-2-7(6)18-4-10(15,16)9(13)14/h1-3,8-9,18H,4,17H2. The van der Waals surface area contributed by atoms with Gasteiger partial charge in [-0.05, 0) is 18.2 Å². The third-order valence-corrected chi connectivity index (χ3v) is 2.14. The lowest BCUT2D eigenvalue weighted by molar-refractivity contribution is -0.117. The molecule has 8 heteroatoms. The summed E-state index contributed by atoms with van der Waals surface area (Å²) in [7, 11) is 0. The Bertz CT molecular complexity index is 407. The zero-order valence-corrected chi connectivity index (χ0v) is 8.94. The Morgan fingerprint density at radius 1 is 1.17 bits per heavy atom. The highest BCUT2D eigenvalue weighted by Gasteiger charge is 2.40. The molecule has 3 N–H and O–H groups in total. The molecule has 0 amide bonds. The zero-order chi connectivity index (χ0) is 13.9. The second-order valence-corrected chi connectivity index (χ2v) is 3.56. The molecule has 0 spiro atoms. The summed E-state index contributed by atoms with van der Waals surface area (Å²) in [6.45, 7) is -1.44. The second-order valence-electron chi connectivity index (χ2n) is 3.56. The van der Waals surface area contributed by atoms with Crippen LogP contribution < -0.4 is 11.1 Å². The third-order valence-electron chi connectivity index (χ3n) is 2.14. The predicted molar refractivity (Wildman–Crippen MR) is 55.3 cm³/mol. The number of hydrogen-bond donors (Lipinski definition) is 2. The smallest absolute Gasteiger partial charge is 0.324 e. The molecule has 0 fully saturated rings. The number of nitrogen functional groups attached to an aromatic ring is 1. The van der Waals surface area contributed by atoms with Crippen molar-refractivity contribution in [1.82, 2.24) is 0 Å². The number of halogens is 6. The van der Waals surface area contributed by atoms with Crippen molar-refractivity contribution in [1.29, 1.82) is 0 Å². The number of alkyl halides is 6. The van der Waals surface area contributed by atoms with Crippen LogP contribution in [0.15, 0.2) is 18.2 Å². The fourth-order valence-corrected chi connectivity index (χ4v) is 1.21. The van der Waals surface area contributed by atoms with Gasteiger partial charge in [-0.2, -0.15) is 8.78 Å². The first-order valence-electron chi connectivity index (χ1n) is 4.81. The first-order valence-corrected chi connectivity index (χ1v) is 4.81. The first kappa shape index (κ1) is 14.5. The van der Waals surface area contributed by atoms with E-state index >= 15 is 0 Å². The van der Waals surface area contributed by atoms with Crippen LogP contribution in [0.5, 0.6) is 0 Å². The predicted octanol–water partition coefficient (Wildman–Crippen LogP) is 3.52. The van der Waals surface area contributed by atoms with Crippen LogP contribution in [0.2, 0.25) is 0 Å². The van der Waals surface area contributed by atoms with Gasteiger partial charge in [0.15, 0.2) is 0 Å². The largest absolute Gasteiger partial charge is 0.399 e. The van der Waals surface area contributed by atoms with Crippen LogP contribution in [0, 0.1) is 0 Å². The third kappa shape index (κ3) is 3.44. The van der Waals surface area contributed by atoms with Crippen molar-refractivity contribution in [3.05, 3.63) is 23.8 Å². The maximum Gasteiger partial charge on any atom is 0.324 e. The average molecular weight is 272 g/mol. The molecule has 0 heterocycles. The minimum absolute atomic E-state index is 0.0245. The summed E-state index contributed by atoms with van der Waals surface area (Å²) in [5.41, 5.74) is 4.33. The highest BCUT2D eigenvalue weighted by Crippen LogP contribution is 2.30. The first-order chi connectivity index (χ1) is 8.24. The monoisotopic (exact) mass is 272 g/mol. The molecule has 0 saturated carbocycles. The molecule has 0 atom stereocenters. The van der Waals surface area contributed by atoms with Crippen LogP contribution in [0.1, 0.15) is 12.0 Å². The van der Waals surface area contributed by atoms with Crippen molar-refractivity contribution in [3.8, 4) is 0 Å². The fourth-order valence-electron chi connectivity index (χ4n) is 1.21. The Kier molecular flexibility index (Phi) is 4.31. The molecule has 0 saturated heterocycles. The summed E-state index contributed by atoms with van der Waals surface area (Å²) in [5.74, 6) is -4.29. The number of nitrogens with one attached hydrogen (secondary N) is 1. The lowest BCUT2D eigenvalue weighted by atomic mass is 10.1. The Morgan fingerprint density at radius 2 is 1.78 bits per heavy atom. The molecular formula is C10H10F6N2. The van der Waals surface area contributed by atoms with E-state index < -0.39 is 30.9 Å².